The number of ether oxygens (including phenoxy) is 1. The maximum absolute atomic E-state index is 6.18. The SMILES string of the molecule is CCOc1ccc2nc3c(I)c(N)ccc3c(NCCCNCCCNCCn3cnc4c(N)ncnc43)c2c1. The van der Waals surface area contributed by atoms with Gasteiger partial charge in [0.1, 0.15) is 17.6 Å². The van der Waals surface area contributed by atoms with Crippen LogP contribution in [0.5, 0.6) is 5.75 Å². The standard InChI is InChI=1S/C28H35IN10O/c1-2-40-18-5-8-22-20(15-18)24(19-6-7-21(30)23(29)25(19)38-22)34-12-4-11-32-9-3-10-33-13-14-39-17-37-26-27(31)35-16-36-28(26)39/h5-8,15-17,32-33H,2-4,9-14,30H2,1H3,(H,34,38)(H2,31,35,36). The summed E-state index contributed by atoms with van der Waals surface area (Å²) >= 11 is 2.28. The summed E-state index contributed by atoms with van der Waals surface area (Å²) < 4.78 is 8.73. The van der Waals surface area contributed by atoms with Gasteiger partial charge in [-0.05, 0) is 92.3 Å². The van der Waals surface area contributed by atoms with Crippen molar-refractivity contribution in [1.82, 2.24) is 35.1 Å². The Morgan fingerprint density at radius 3 is 2.52 bits per heavy atom. The van der Waals surface area contributed by atoms with Gasteiger partial charge in [0.25, 0.3) is 0 Å². The summed E-state index contributed by atoms with van der Waals surface area (Å²) in [6.07, 6.45) is 5.28. The molecule has 210 valence electrons. The third kappa shape index (κ3) is 6.29. The molecule has 5 aromatic rings. The molecular formula is C28H35IN10O. The van der Waals surface area contributed by atoms with Crippen LogP contribution in [0.2, 0.25) is 0 Å². The van der Waals surface area contributed by atoms with Gasteiger partial charge in [0.2, 0.25) is 0 Å². The van der Waals surface area contributed by atoms with Gasteiger partial charge >= 0.3 is 0 Å². The second-order valence-electron chi connectivity index (χ2n) is 9.47. The van der Waals surface area contributed by atoms with E-state index in [0.29, 0.717) is 17.9 Å². The Hall–Kier alpha value is -3.49. The van der Waals surface area contributed by atoms with Crippen molar-refractivity contribution in [2.75, 3.05) is 56.1 Å². The van der Waals surface area contributed by atoms with Crippen molar-refractivity contribution < 1.29 is 4.74 Å². The van der Waals surface area contributed by atoms with Gasteiger partial charge in [-0.2, -0.15) is 0 Å². The first kappa shape index (κ1) is 28.1. The first-order valence-electron chi connectivity index (χ1n) is 13.6. The molecule has 11 nitrogen and oxygen atoms in total. The van der Waals surface area contributed by atoms with Gasteiger partial charge in [0.05, 0.1) is 33.2 Å². The first-order chi connectivity index (χ1) is 19.6. The third-order valence-corrected chi connectivity index (χ3v) is 7.83. The number of nitrogens with zero attached hydrogens (tertiary/aromatic N) is 5. The minimum atomic E-state index is 0.413. The minimum absolute atomic E-state index is 0.413. The number of halogens is 1. The fraction of sp³-hybridized carbons (Fsp3) is 0.357. The van der Waals surface area contributed by atoms with E-state index >= 15 is 0 Å². The number of anilines is 3. The van der Waals surface area contributed by atoms with Gasteiger partial charge in [0, 0.05) is 36.1 Å². The van der Waals surface area contributed by atoms with E-state index in [-0.39, 0.29) is 0 Å². The highest BCUT2D eigenvalue weighted by molar-refractivity contribution is 14.1. The van der Waals surface area contributed by atoms with Crippen LogP contribution in [-0.2, 0) is 6.54 Å². The molecule has 0 saturated heterocycles. The highest BCUT2D eigenvalue weighted by Gasteiger charge is 2.14. The van der Waals surface area contributed by atoms with Gasteiger partial charge in [0.15, 0.2) is 11.5 Å². The number of hydrogen-bond donors (Lipinski definition) is 5. The molecule has 0 aliphatic rings. The number of rotatable bonds is 14. The number of imidazole rings is 1. The highest BCUT2D eigenvalue weighted by Crippen LogP contribution is 2.36. The Balaban J connectivity index is 1.07. The summed E-state index contributed by atoms with van der Waals surface area (Å²) in [5, 5.41) is 12.8. The smallest absolute Gasteiger partial charge is 0.165 e. The predicted octanol–water partition coefficient (Wildman–Crippen LogP) is 3.77. The zero-order chi connectivity index (χ0) is 27.9. The minimum Gasteiger partial charge on any atom is -0.494 e. The largest absolute Gasteiger partial charge is 0.494 e. The van der Waals surface area contributed by atoms with E-state index in [1.807, 2.05) is 29.7 Å². The Labute approximate surface area is 246 Å². The molecule has 0 atom stereocenters. The zero-order valence-electron chi connectivity index (χ0n) is 22.6. The molecule has 12 heteroatoms. The van der Waals surface area contributed by atoms with Gasteiger partial charge in [-0.15, -0.1) is 0 Å². The Morgan fingerprint density at radius 2 is 1.70 bits per heavy atom. The van der Waals surface area contributed by atoms with Crippen LogP contribution in [0.4, 0.5) is 17.2 Å². The topological polar surface area (TPSA) is 154 Å². The Kier molecular flexibility index (Phi) is 9.29. The van der Waals surface area contributed by atoms with Crippen LogP contribution in [0.15, 0.2) is 43.0 Å². The molecule has 0 radical (unpaired) electrons. The number of nitrogens with two attached hydrogens (primary N) is 2. The van der Waals surface area contributed by atoms with Crippen molar-refractivity contribution in [3.8, 4) is 5.75 Å². The fourth-order valence-corrected chi connectivity index (χ4v) is 5.28. The third-order valence-electron chi connectivity index (χ3n) is 6.69. The lowest BCUT2D eigenvalue weighted by molar-refractivity contribution is 0.340. The Morgan fingerprint density at radius 1 is 0.900 bits per heavy atom. The van der Waals surface area contributed by atoms with Crippen molar-refractivity contribution >= 4 is 72.8 Å². The lowest BCUT2D eigenvalue weighted by Gasteiger charge is -2.16. The molecule has 3 heterocycles. The highest BCUT2D eigenvalue weighted by atomic mass is 127. The maximum Gasteiger partial charge on any atom is 0.165 e. The van der Waals surface area contributed by atoms with E-state index in [2.05, 4.69) is 65.6 Å². The number of nitrogens with one attached hydrogen (secondary N) is 3. The molecule has 0 saturated carbocycles. The lowest BCUT2D eigenvalue weighted by atomic mass is 10.1. The zero-order valence-corrected chi connectivity index (χ0v) is 24.7. The van der Waals surface area contributed by atoms with Crippen LogP contribution in [0.1, 0.15) is 19.8 Å². The van der Waals surface area contributed by atoms with Crippen LogP contribution in [0, 0.1) is 3.57 Å². The molecule has 0 fully saturated rings. The molecular weight excluding hydrogens is 619 g/mol. The summed E-state index contributed by atoms with van der Waals surface area (Å²) in [6.45, 7) is 7.90. The molecule has 3 aromatic heterocycles. The molecule has 5 rings (SSSR count). The second kappa shape index (κ2) is 13.2. The molecule has 40 heavy (non-hydrogen) atoms. The summed E-state index contributed by atoms with van der Waals surface area (Å²) in [4.78, 5) is 17.5. The van der Waals surface area contributed by atoms with Crippen molar-refractivity contribution in [1.29, 1.82) is 0 Å². The van der Waals surface area contributed by atoms with Gasteiger partial charge in [-0.1, -0.05) is 0 Å². The van der Waals surface area contributed by atoms with Gasteiger partial charge in [-0.25, -0.2) is 19.9 Å². The number of pyridine rings is 1. The molecule has 0 bridgehead atoms. The fourth-order valence-electron chi connectivity index (χ4n) is 4.69. The van der Waals surface area contributed by atoms with Crippen molar-refractivity contribution in [3.63, 3.8) is 0 Å². The van der Waals surface area contributed by atoms with Crippen molar-refractivity contribution in [3.05, 3.63) is 46.6 Å². The van der Waals surface area contributed by atoms with Crippen molar-refractivity contribution in [2.45, 2.75) is 26.3 Å². The van der Waals surface area contributed by atoms with Crippen molar-refractivity contribution in [2.24, 2.45) is 0 Å². The van der Waals surface area contributed by atoms with E-state index in [1.54, 1.807) is 6.33 Å². The van der Waals surface area contributed by atoms with Crippen LogP contribution >= 0.6 is 22.6 Å². The van der Waals surface area contributed by atoms with Crippen LogP contribution in [0.25, 0.3) is 33.0 Å². The number of benzene rings is 2. The molecule has 0 spiro atoms. The van der Waals surface area contributed by atoms with Gasteiger partial charge in [-0.3, -0.25) is 0 Å². The van der Waals surface area contributed by atoms with E-state index in [9.17, 15) is 0 Å². The quantitative estimate of drug-likeness (QED) is 0.0518. The molecule has 0 amide bonds. The molecule has 0 aliphatic heterocycles. The van der Waals surface area contributed by atoms with Crippen LogP contribution in [-0.4, -0.2) is 63.8 Å². The number of hydrogen-bond acceptors (Lipinski definition) is 10. The predicted molar refractivity (Wildman–Crippen MR) is 171 cm³/mol. The summed E-state index contributed by atoms with van der Waals surface area (Å²) in [6, 6.07) is 10.1. The molecule has 7 N–H and O–H groups in total. The van der Waals surface area contributed by atoms with E-state index in [0.717, 1.165) is 100 Å². The summed E-state index contributed by atoms with van der Waals surface area (Å²) in [5.74, 6) is 1.26. The monoisotopic (exact) mass is 654 g/mol. The summed E-state index contributed by atoms with van der Waals surface area (Å²) in [5.41, 5.74) is 17.1. The number of nitrogen functional groups attached to an aromatic ring is 2. The maximum atomic E-state index is 6.18. The van der Waals surface area contributed by atoms with Crippen LogP contribution < -0.4 is 32.2 Å². The van der Waals surface area contributed by atoms with Crippen LogP contribution in [0.3, 0.4) is 0 Å². The summed E-state index contributed by atoms with van der Waals surface area (Å²) in [7, 11) is 0. The lowest BCUT2D eigenvalue weighted by Crippen LogP contribution is -2.25. The average Bonchev–Trinajstić information content (AvgIpc) is 3.38. The molecule has 0 unspecified atom stereocenters. The normalized spacial score (nSPS) is 11.6. The van der Waals surface area contributed by atoms with E-state index in [1.165, 1.54) is 6.33 Å². The average molecular weight is 655 g/mol. The number of aromatic nitrogens is 5. The first-order valence-corrected chi connectivity index (χ1v) is 14.7. The molecule has 2 aromatic carbocycles. The number of fused-ring (bicyclic) bond motifs is 3. The van der Waals surface area contributed by atoms with E-state index in [4.69, 9.17) is 21.2 Å². The van der Waals surface area contributed by atoms with E-state index < -0.39 is 0 Å². The van der Waals surface area contributed by atoms with Gasteiger partial charge < -0.3 is 36.7 Å². The Bertz CT molecular complexity index is 1610. The second-order valence-corrected chi connectivity index (χ2v) is 10.5. The molecule has 0 aliphatic carbocycles.